The molecule has 2 rings (SSSR count). The van der Waals surface area contributed by atoms with Crippen molar-refractivity contribution >= 4 is 27.1 Å². The largest absolute Gasteiger partial charge is 0.393 e. The number of hydrogen-bond donors (Lipinski definition) is 2. The van der Waals surface area contributed by atoms with Gasteiger partial charge in [0.2, 0.25) is 0 Å². The predicted molar refractivity (Wildman–Crippen MR) is 76.7 cm³/mol. The summed E-state index contributed by atoms with van der Waals surface area (Å²) in [4.78, 5) is 22.2. The van der Waals surface area contributed by atoms with Crippen LogP contribution in [0.15, 0.2) is 18.2 Å². The van der Waals surface area contributed by atoms with Crippen LogP contribution >= 0.6 is 0 Å². The summed E-state index contributed by atoms with van der Waals surface area (Å²) in [5, 5.41) is 13.4. The van der Waals surface area contributed by atoms with Crippen LogP contribution in [0.25, 0.3) is 0 Å². The Hall–Kier alpha value is -2.16. The third-order valence-corrected chi connectivity index (χ3v) is 5.11. The van der Waals surface area contributed by atoms with E-state index >= 15 is 0 Å². The van der Waals surface area contributed by atoms with E-state index in [2.05, 4.69) is 5.32 Å². The van der Waals surface area contributed by atoms with Gasteiger partial charge in [-0.05, 0) is 25.0 Å². The Morgan fingerprint density at radius 3 is 2.76 bits per heavy atom. The molecule has 0 bridgehead atoms. The number of anilines is 1. The molecular formula is C12H15N3O5S. The summed E-state index contributed by atoms with van der Waals surface area (Å²) in [6.45, 7) is 0. The molecule has 3 N–H and O–H groups in total. The number of amides is 1. The number of nitrogens with two attached hydrogens (primary N) is 1. The maximum Gasteiger partial charge on any atom is 0.292 e. The number of benzene rings is 1. The number of rotatable bonds is 3. The van der Waals surface area contributed by atoms with E-state index in [4.69, 9.17) is 5.73 Å². The van der Waals surface area contributed by atoms with Gasteiger partial charge in [-0.15, -0.1) is 0 Å². The van der Waals surface area contributed by atoms with E-state index in [1.54, 1.807) is 0 Å². The van der Waals surface area contributed by atoms with Gasteiger partial charge in [-0.1, -0.05) is 0 Å². The molecule has 1 aromatic carbocycles. The first-order chi connectivity index (χ1) is 9.78. The molecule has 9 heteroatoms. The summed E-state index contributed by atoms with van der Waals surface area (Å²) in [5.74, 6) is -0.511. The molecule has 1 aromatic rings. The number of nitro benzene ring substituents is 1. The van der Waals surface area contributed by atoms with E-state index in [0.717, 1.165) is 6.07 Å². The van der Waals surface area contributed by atoms with Gasteiger partial charge in [-0.3, -0.25) is 14.9 Å². The van der Waals surface area contributed by atoms with Crippen molar-refractivity contribution < 1.29 is 18.1 Å². The summed E-state index contributed by atoms with van der Waals surface area (Å²) >= 11 is 0. The number of carbonyl (C=O) groups excluding carboxylic acids is 1. The Labute approximate surface area is 121 Å². The van der Waals surface area contributed by atoms with Gasteiger partial charge in [0.05, 0.1) is 16.4 Å². The van der Waals surface area contributed by atoms with Crippen molar-refractivity contribution in [2.45, 2.75) is 18.9 Å². The first kappa shape index (κ1) is 15.2. The van der Waals surface area contributed by atoms with Gasteiger partial charge in [0, 0.05) is 17.7 Å². The highest BCUT2D eigenvalue weighted by atomic mass is 32.2. The zero-order valence-corrected chi connectivity index (χ0v) is 11.9. The quantitative estimate of drug-likeness (QED) is 0.474. The van der Waals surface area contributed by atoms with Crippen LogP contribution in [0.1, 0.15) is 23.2 Å². The number of nitro groups is 1. The second-order valence-electron chi connectivity index (χ2n) is 4.96. The fourth-order valence-electron chi connectivity index (χ4n) is 2.25. The molecule has 0 radical (unpaired) electrons. The minimum atomic E-state index is -3.13. The second kappa shape index (κ2) is 5.68. The van der Waals surface area contributed by atoms with Gasteiger partial charge < -0.3 is 11.1 Å². The summed E-state index contributed by atoms with van der Waals surface area (Å²) in [5.41, 5.74) is 5.16. The molecule has 1 amide bonds. The molecule has 0 spiro atoms. The Morgan fingerprint density at radius 1 is 1.43 bits per heavy atom. The lowest BCUT2D eigenvalue weighted by atomic mass is 10.1. The Bertz CT molecular complexity index is 686. The standard InChI is InChI=1S/C12H15N3O5S/c13-10-4-3-8(6-11(10)15(17)18)12(16)14-9-2-1-5-21(19,20)7-9/h3-4,6,9H,1-2,5,7,13H2,(H,14,16). The van der Waals surface area contributed by atoms with Gasteiger partial charge in [0.1, 0.15) is 5.69 Å². The highest BCUT2D eigenvalue weighted by molar-refractivity contribution is 7.91. The zero-order chi connectivity index (χ0) is 15.6. The van der Waals surface area contributed by atoms with E-state index in [0.29, 0.717) is 12.8 Å². The average molecular weight is 313 g/mol. The van der Waals surface area contributed by atoms with Crippen molar-refractivity contribution in [2.24, 2.45) is 0 Å². The predicted octanol–water partition coefficient (Wildman–Crippen LogP) is 0.484. The van der Waals surface area contributed by atoms with Gasteiger partial charge in [0.15, 0.2) is 9.84 Å². The molecule has 0 aromatic heterocycles. The van der Waals surface area contributed by atoms with Crippen LogP contribution in [-0.2, 0) is 9.84 Å². The highest BCUT2D eigenvalue weighted by Crippen LogP contribution is 2.22. The third-order valence-electron chi connectivity index (χ3n) is 3.29. The van der Waals surface area contributed by atoms with E-state index in [-0.39, 0.29) is 28.4 Å². The van der Waals surface area contributed by atoms with Crippen LogP contribution in [0.5, 0.6) is 0 Å². The van der Waals surface area contributed by atoms with Gasteiger partial charge in [-0.25, -0.2) is 8.42 Å². The Balaban J connectivity index is 2.14. The summed E-state index contributed by atoms with van der Waals surface area (Å²) in [6.07, 6.45) is 1.07. The van der Waals surface area contributed by atoms with E-state index in [1.165, 1.54) is 12.1 Å². The summed E-state index contributed by atoms with van der Waals surface area (Å²) in [7, 11) is -3.13. The molecule has 1 fully saturated rings. The third kappa shape index (κ3) is 3.69. The fraction of sp³-hybridized carbons (Fsp3) is 0.417. The second-order valence-corrected chi connectivity index (χ2v) is 7.19. The summed E-state index contributed by atoms with van der Waals surface area (Å²) in [6, 6.07) is 3.27. The maximum absolute atomic E-state index is 12.0. The SMILES string of the molecule is Nc1ccc(C(=O)NC2CCCS(=O)(=O)C2)cc1[N+](=O)[O-]. The Kier molecular flexibility index (Phi) is 4.12. The summed E-state index contributed by atoms with van der Waals surface area (Å²) < 4.78 is 23.0. The molecule has 1 heterocycles. The minimum absolute atomic E-state index is 0.0307. The van der Waals surface area contributed by atoms with Crippen molar-refractivity contribution in [3.8, 4) is 0 Å². The molecule has 21 heavy (non-hydrogen) atoms. The highest BCUT2D eigenvalue weighted by Gasteiger charge is 2.26. The number of nitrogen functional groups attached to an aromatic ring is 1. The maximum atomic E-state index is 12.0. The lowest BCUT2D eigenvalue weighted by Gasteiger charge is -2.23. The van der Waals surface area contributed by atoms with Gasteiger partial charge >= 0.3 is 0 Å². The first-order valence-electron chi connectivity index (χ1n) is 6.34. The van der Waals surface area contributed by atoms with Crippen LogP contribution in [0, 0.1) is 10.1 Å². The fourth-order valence-corrected chi connectivity index (χ4v) is 3.88. The molecule has 8 nitrogen and oxygen atoms in total. The molecule has 1 unspecified atom stereocenters. The smallest absolute Gasteiger partial charge is 0.292 e. The monoisotopic (exact) mass is 313 g/mol. The molecule has 1 aliphatic rings. The van der Waals surface area contributed by atoms with Crippen LogP contribution in [0.4, 0.5) is 11.4 Å². The molecular weight excluding hydrogens is 298 g/mol. The van der Waals surface area contributed by atoms with Crippen LogP contribution < -0.4 is 11.1 Å². The van der Waals surface area contributed by atoms with Crippen LogP contribution in [-0.4, -0.2) is 36.8 Å². The van der Waals surface area contributed by atoms with Crippen LogP contribution in [0.2, 0.25) is 0 Å². The molecule has 1 aliphatic heterocycles. The zero-order valence-electron chi connectivity index (χ0n) is 11.1. The topological polar surface area (TPSA) is 132 Å². The van der Waals surface area contributed by atoms with Gasteiger partial charge in [0.25, 0.3) is 11.6 Å². The number of nitrogens with zero attached hydrogens (tertiary/aromatic N) is 1. The number of carbonyl (C=O) groups is 1. The molecule has 114 valence electrons. The lowest BCUT2D eigenvalue weighted by molar-refractivity contribution is -0.383. The number of hydrogen-bond acceptors (Lipinski definition) is 6. The molecule has 0 saturated carbocycles. The van der Waals surface area contributed by atoms with Crippen molar-refractivity contribution in [1.82, 2.24) is 5.32 Å². The molecule has 0 aliphatic carbocycles. The average Bonchev–Trinajstić information content (AvgIpc) is 2.37. The molecule has 1 atom stereocenters. The lowest BCUT2D eigenvalue weighted by Crippen LogP contribution is -2.43. The van der Waals surface area contributed by atoms with E-state index in [1.807, 2.05) is 0 Å². The van der Waals surface area contributed by atoms with Crippen molar-refractivity contribution in [3.05, 3.63) is 33.9 Å². The normalized spacial score (nSPS) is 20.7. The molecule has 1 saturated heterocycles. The van der Waals surface area contributed by atoms with Gasteiger partial charge in [-0.2, -0.15) is 0 Å². The minimum Gasteiger partial charge on any atom is -0.393 e. The Morgan fingerprint density at radius 2 is 2.14 bits per heavy atom. The number of sulfone groups is 1. The van der Waals surface area contributed by atoms with Crippen LogP contribution in [0.3, 0.4) is 0 Å². The van der Waals surface area contributed by atoms with Crippen molar-refractivity contribution in [1.29, 1.82) is 0 Å². The van der Waals surface area contributed by atoms with E-state index in [9.17, 15) is 23.3 Å². The first-order valence-corrected chi connectivity index (χ1v) is 8.16. The van der Waals surface area contributed by atoms with Crippen molar-refractivity contribution in [2.75, 3.05) is 17.2 Å². The van der Waals surface area contributed by atoms with Crippen molar-refractivity contribution in [3.63, 3.8) is 0 Å². The van der Waals surface area contributed by atoms with E-state index < -0.39 is 26.7 Å². The number of nitrogens with one attached hydrogen (secondary N) is 1.